The van der Waals surface area contributed by atoms with Crippen molar-refractivity contribution in [2.45, 2.75) is 44.7 Å². The van der Waals surface area contributed by atoms with Crippen LogP contribution >= 0.6 is 11.3 Å². The number of thiophene rings is 1. The Labute approximate surface area is 164 Å². The molecular weight excluding hydrogens is 352 g/mol. The number of hydrogen-bond acceptors (Lipinski definition) is 5. The topological polar surface area (TPSA) is 32.3 Å². The largest absolute Gasteiger partial charge is 0.356 e. The lowest BCUT2D eigenvalue weighted by molar-refractivity contribution is 0.163. The zero-order valence-corrected chi connectivity index (χ0v) is 16.7. The first-order valence-electron chi connectivity index (χ1n) is 10.1. The van der Waals surface area contributed by atoms with Crippen LogP contribution in [0.25, 0.3) is 22.3 Å². The molecule has 0 amide bonds. The third-order valence-corrected chi connectivity index (χ3v) is 6.88. The monoisotopic (exact) mass is 378 g/mol. The van der Waals surface area contributed by atoms with Gasteiger partial charge in [0.05, 0.1) is 5.52 Å². The molecule has 27 heavy (non-hydrogen) atoms. The fraction of sp³-hybridized carbons (Fsp3) is 0.455. The van der Waals surface area contributed by atoms with E-state index in [-0.39, 0.29) is 0 Å². The molecule has 4 nitrogen and oxygen atoms in total. The van der Waals surface area contributed by atoms with Crippen LogP contribution in [0, 0.1) is 0 Å². The van der Waals surface area contributed by atoms with Crippen molar-refractivity contribution in [2.75, 3.05) is 24.5 Å². The summed E-state index contributed by atoms with van der Waals surface area (Å²) in [4.78, 5) is 15.1. The van der Waals surface area contributed by atoms with E-state index >= 15 is 0 Å². The predicted molar refractivity (Wildman–Crippen MR) is 113 cm³/mol. The van der Waals surface area contributed by atoms with Crippen LogP contribution < -0.4 is 4.90 Å². The van der Waals surface area contributed by atoms with Crippen molar-refractivity contribution in [1.82, 2.24) is 14.9 Å². The summed E-state index contributed by atoms with van der Waals surface area (Å²) in [6.07, 6.45) is 5.19. The Bertz CT molecular complexity index is 915. The maximum absolute atomic E-state index is 5.01. The van der Waals surface area contributed by atoms with E-state index in [1.807, 2.05) is 0 Å². The molecule has 3 aromatic rings. The summed E-state index contributed by atoms with van der Waals surface area (Å²) in [5.41, 5.74) is 2.16. The van der Waals surface area contributed by atoms with Gasteiger partial charge in [0, 0.05) is 41.5 Å². The molecule has 2 aromatic heterocycles. The summed E-state index contributed by atoms with van der Waals surface area (Å²) in [6.45, 7) is 5.84. The first-order valence-corrected chi connectivity index (χ1v) is 11.0. The standard InChI is InChI=1S/C22H26N4S/c1-16-5-4-11-26(16)18-8-12-25(13-9-18)22-19-6-2-3-7-20(19)23-21(24-22)17-10-14-27-15-17/h2-3,6-7,10,14-16,18H,4-5,8-9,11-13H2,1H3. The fourth-order valence-corrected chi connectivity index (χ4v) is 5.36. The van der Waals surface area contributed by atoms with E-state index in [2.05, 4.69) is 57.8 Å². The van der Waals surface area contributed by atoms with Crippen molar-refractivity contribution in [3.63, 3.8) is 0 Å². The second kappa shape index (κ2) is 7.21. The molecule has 0 radical (unpaired) electrons. The number of anilines is 1. The van der Waals surface area contributed by atoms with Gasteiger partial charge in [0.2, 0.25) is 0 Å². The van der Waals surface area contributed by atoms with Crippen molar-refractivity contribution in [2.24, 2.45) is 0 Å². The summed E-state index contributed by atoms with van der Waals surface area (Å²) >= 11 is 1.70. The van der Waals surface area contributed by atoms with E-state index in [0.29, 0.717) is 0 Å². The minimum Gasteiger partial charge on any atom is -0.356 e. The molecular formula is C22H26N4S. The minimum atomic E-state index is 0.739. The van der Waals surface area contributed by atoms with Crippen LogP contribution in [0.5, 0.6) is 0 Å². The number of piperidine rings is 1. The molecule has 0 N–H and O–H groups in total. The second-order valence-electron chi connectivity index (χ2n) is 7.85. The molecule has 1 aromatic carbocycles. The highest BCUT2D eigenvalue weighted by Gasteiger charge is 2.31. The number of benzene rings is 1. The Kier molecular flexibility index (Phi) is 4.58. The molecule has 0 spiro atoms. The van der Waals surface area contributed by atoms with Crippen LogP contribution in [0.15, 0.2) is 41.1 Å². The summed E-state index contributed by atoms with van der Waals surface area (Å²) in [5.74, 6) is 1.95. The van der Waals surface area contributed by atoms with Crippen LogP contribution in [0.2, 0.25) is 0 Å². The van der Waals surface area contributed by atoms with E-state index in [1.165, 1.54) is 37.6 Å². The van der Waals surface area contributed by atoms with Crippen molar-refractivity contribution >= 4 is 28.1 Å². The highest BCUT2D eigenvalue weighted by molar-refractivity contribution is 7.08. The van der Waals surface area contributed by atoms with Gasteiger partial charge in [-0.05, 0) is 62.7 Å². The number of fused-ring (bicyclic) bond motifs is 1. The number of nitrogens with zero attached hydrogens (tertiary/aromatic N) is 4. The molecule has 4 heterocycles. The van der Waals surface area contributed by atoms with Gasteiger partial charge in [0.15, 0.2) is 5.82 Å². The zero-order valence-electron chi connectivity index (χ0n) is 15.8. The third kappa shape index (κ3) is 3.23. The summed E-state index contributed by atoms with van der Waals surface area (Å²) in [5, 5.41) is 5.40. The maximum atomic E-state index is 5.01. The van der Waals surface area contributed by atoms with Gasteiger partial charge >= 0.3 is 0 Å². The quantitative estimate of drug-likeness (QED) is 0.655. The molecule has 5 rings (SSSR count). The zero-order chi connectivity index (χ0) is 18.2. The molecule has 140 valence electrons. The number of likely N-dealkylation sites (tertiary alicyclic amines) is 1. The second-order valence-corrected chi connectivity index (χ2v) is 8.63. The van der Waals surface area contributed by atoms with Gasteiger partial charge in [-0.15, -0.1) is 0 Å². The molecule has 5 heteroatoms. The highest BCUT2D eigenvalue weighted by Crippen LogP contribution is 2.32. The molecule has 1 unspecified atom stereocenters. The van der Waals surface area contributed by atoms with Crippen LogP contribution in [0.1, 0.15) is 32.6 Å². The van der Waals surface area contributed by atoms with E-state index in [1.54, 1.807) is 11.3 Å². The van der Waals surface area contributed by atoms with E-state index < -0.39 is 0 Å². The van der Waals surface area contributed by atoms with Crippen molar-refractivity contribution in [3.8, 4) is 11.4 Å². The average Bonchev–Trinajstić information content (AvgIpc) is 3.39. The van der Waals surface area contributed by atoms with Crippen LogP contribution in [-0.4, -0.2) is 46.6 Å². The molecule has 0 saturated carbocycles. The predicted octanol–water partition coefficient (Wildman–Crippen LogP) is 4.81. The van der Waals surface area contributed by atoms with Gasteiger partial charge < -0.3 is 4.90 Å². The smallest absolute Gasteiger partial charge is 0.162 e. The van der Waals surface area contributed by atoms with Crippen LogP contribution in [0.3, 0.4) is 0 Å². The number of para-hydroxylation sites is 1. The fourth-order valence-electron chi connectivity index (χ4n) is 4.73. The Hall–Kier alpha value is -1.98. The lowest BCUT2D eigenvalue weighted by Crippen LogP contribution is -2.46. The molecule has 2 fully saturated rings. The number of aromatic nitrogens is 2. The Morgan fingerprint density at radius 1 is 1.00 bits per heavy atom. The van der Waals surface area contributed by atoms with Crippen LogP contribution in [-0.2, 0) is 0 Å². The Balaban J connectivity index is 1.44. The maximum Gasteiger partial charge on any atom is 0.162 e. The normalized spacial score (nSPS) is 22.0. The summed E-state index contributed by atoms with van der Waals surface area (Å²) in [6, 6.07) is 12.0. The molecule has 2 saturated heterocycles. The molecule has 0 aliphatic carbocycles. The number of hydrogen-bond donors (Lipinski definition) is 0. The van der Waals surface area contributed by atoms with Gasteiger partial charge in [0.1, 0.15) is 5.82 Å². The van der Waals surface area contributed by atoms with Crippen molar-refractivity contribution in [3.05, 3.63) is 41.1 Å². The molecule has 2 aliphatic rings. The van der Waals surface area contributed by atoms with Gasteiger partial charge in [-0.1, -0.05) is 12.1 Å². The van der Waals surface area contributed by atoms with E-state index in [4.69, 9.17) is 9.97 Å². The summed E-state index contributed by atoms with van der Waals surface area (Å²) < 4.78 is 0. The first kappa shape index (κ1) is 17.1. The first-order chi connectivity index (χ1) is 13.3. The summed E-state index contributed by atoms with van der Waals surface area (Å²) in [7, 11) is 0. The molecule has 1 atom stereocenters. The van der Waals surface area contributed by atoms with E-state index in [9.17, 15) is 0 Å². The van der Waals surface area contributed by atoms with Gasteiger partial charge in [-0.25, -0.2) is 9.97 Å². The van der Waals surface area contributed by atoms with Crippen LogP contribution in [0.4, 0.5) is 5.82 Å². The SMILES string of the molecule is CC1CCCN1C1CCN(c2nc(-c3ccsc3)nc3ccccc23)CC1. The van der Waals surface area contributed by atoms with Gasteiger partial charge in [-0.2, -0.15) is 11.3 Å². The third-order valence-electron chi connectivity index (χ3n) is 6.20. The van der Waals surface area contributed by atoms with Gasteiger partial charge in [-0.3, -0.25) is 4.90 Å². The van der Waals surface area contributed by atoms with E-state index in [0.717, 1.165) is 47.9 Å². The average molecular weight is 379 g/mol. The molecule has 0 bridgehead atoms. The Morgan fingerprint density at radius 2 is 1.85 bits per heavy atom. The lowest BCUT2D eigenvalue weighted by atomic mass is 10.0. The number of rotatable bonds is 3. The Morgan fingerprint density at radius 3 is 2.59 bits per heavy atom. The van der Waals surface area contributed by atoms with Crippen molar-refractivity contribution < 1.29 is 0 Å². The van der Waals surface area contributed by atoms with Crippen molar-refractivity contribution in [1.29, 1.82) is 0 Å². The highest BCUT2D eigenvalue weighted by atomic mass is 32.1. The molecule has 2 aliphatic heterocycles. The minimum absolute atomic E-state index is 0.739. The lowest BCUT2D eigenvalue weighted by Gasteiger charge is -2.39. The van der Waals surface area contributed by atoms with Gasteiger partial charge in [0.25, 0.3) is 0 Å².